The zero-order chi connectivity index (χ0) is 17.7. The van der Waals surface area contributed by atoms with Gasteiger partial charge in [0.05, 0.1) is 6.10 Å². The van der Waals surface area contributed by atoms with Gasteiger partial charge in [0, 0.05) is 5.41 Å². The summed E-state index contributed by atoms with van der Waals surface area (Å²) in [6, 6.07) is 0. The SMILES string of the molecule is CC1=C(/C=C2\CCC3[C@H](C)C(O)CC[C@]3(C)C2=O)C(C)(C)CC=C1. The van der Waals surface area contributed by atoms with E-state index in [9.17, 15) is 9.90 Å². The Labute approximate surface area is 146 Å². The van der Waals surface area contributed by atoms with Crippen molar-refractivity contribution in [2.45, 2.75) is 72.8 Å². The summed E-state index contributed by atoms with van der Waals surface area (Å²) in [7, 11) is 0. The van der Waals surface area contributed by atoms with Gasteiger partial charge in [0.15, 0.2) is 5.78 Å². The predicted molar refractivity (Wildman–Crippen MR) is 98.6 cm³/mol. The molecule has 1 N–H and O–H groups in total. The molecule has 2 nitrogen and oxygen atoms in total. The van der Waals surface area contributed by atoms with Gasteiger partial charge in [0.1, 0.15) is 0 Å². The van der Waals surface area contributed by atoms with Crippen molar-refractivity contribution in [3.05, 3.63) is 34.9 Å². The molecule has 4 atom stereocenters. The summed E-state index contributed by atoms with van der Waals surface area (Å²) in [5, 5.41) is 10.2. The monoisotopic (exact) mass is 328 g/mol. The summed E-state index contributed by atoms with van der Waals surface area (Å²) >= 11 is 0. The number of carbonyl (C=O) groups is 1. The summed E-state index contributed by atoms with van der Waals surface area (Å²) in [6.07, 6.45) is 10.9. The minimum absolute atomic E-state index is 0.0971. The summed E-state index contributed by atoms with van der Waals surface area (Å²) in [6.45, 7) is 11.0. The van der Waals surface area contributed by atoms with Gasteiger partial charge in [-0.2, -0.15) is 0 Å². The number of aliphatic hydroxyl groups is 1. The molecule has 0 aliphatic heterocycles. The second kappa shape index (κ2) is 5.98. The molecular weight excluding hydrogens is 296 g/mol. The minimum atomic E-state index is -0.286. The van der Waals surface area contributed by atoms with Crippen LogP contribution in [0.2, 0.25) is 0 Å². The largest absolute Gasteiger partial charge is 0.393 e. The highest BCUT2D eigenvalue weighted by Gasteiger charge is 2.51. The van der Waals surface area contributed by atoms with Crippen LogP contribution >= 0.6 is 0 Å². The van der Waals surface area contributed by atoms with Crippen LogP contribution in [-0.2, 0) is 4.79 Å². The van der Waals surface area contributed by atoms with Crippen molar-refractivity contribution >= 4 is 5.78 Å². The lowest BCUT2D eigenvalue weighted by molar-refractivity contribution is -0.138. The Morgan fingerprint density at radius 1 is 1.25 bits per heavy atom. The molecule has 0 bridgehead atoms. The van der Waals surface area contributed by atoms with Gasteiger partial charge < -0.3 is 5.11 Å². The van der Waals surface area contributed by atoms with Crippen LogP contribution in [0, 0.1) is 22.7 Å². The first-order chi connectivity index (χ1) is 11.2. The Kier molecular flexibility index (Phi) is 4.40. The maximum Gasteiger partial charge on any atom is 0.165 e. The van der Waals surface area contributed by atoms with E-state index < -0.39 is 0 Å². The lowest BCUT2D eigenvalue weighted by Crippen LogP contribution is -2.50. The van der Waals surface area contributed by atoms with E-state index in [1.165, 1.54) is 11.1 Å². The zero-order valence-corrected chi connectivity index (χ0v) is 15.9. The fraction of sp³-hybridized carbons (Fsp3) is 0.682. The Morgan fingerprint density at radius 2 is 1.96 bits per heavy atom. The molecule has 0 amide bonds. The standard InChI is InChI=1S/C22H32O2/c1-14-7-6-11-21(3,4)18(14)13-16-8-9-17-15(2)19(23)10-12-22(17,5)20(16)24/h6-7,13,15,17,19,23H,8-12H2,1-5H3/b16-13+/t15-,17?,19?,22-/m0/s1. The topological polar surface area (TPSA) is 37.3 Å². The number of allylic oxidation sites excluding steroid dienone is 6. The van der Waals surface area contributed by atoms with E-state index in [0.29, 0.717) is 11.7 Å². The van der Waals surface area contributed by atoms with E-state index in [1.54, 1.807) is 0 Å². The molecule has 3 aliphatic rings. The first-order valence-electron chi connectivity index (χ1n) is 9.48. The Hall–Kier alpha value is -1.15. The number of aliphatic hydroxyl groups excluding tert-OH is 1. The van der Waals surface area contributed by atoms with Crippen LogP contribution in [0.5, 0.6) is 0 Å². The summed E-state index contributed by atoms with van der Waals surface area (Å²) in [4.78, 5) is 13.3. The third kappa shape index (κ3) is 2.73. The molecule has 2 fully saturated rings. The van der Waals surface area contributed by atoms with Crippen LogP contribution in [0.25, 0.3) is 0 Å². The molecule has 132 valence electrons. The molecular formula is C22H32O2. The fourth-order valence-electron chi connectivity index (χ4n) is 5.28. The average molecular weight is 328 g/mol. The molecule has 3 rings (SSSR count). The zero-order valence-electron chi connectivity index (χ0n) is 15.9. The van der Waals surface area contributed by atoms with Crippen molar-refractivity contribution in [2.75, 3.05) is 0 Å². The highest BCUT2D eigenvalue weighted by atomic mass is 16.3. The first-order valence-corrected chi connectivity index (χ1v) is 9.48. The van der Waals surface area contributed by atoms with Gasteiger partial charge in [0.2, 0.25) is 0 Å². The fourth-order valence-corrected chi connectivity index (χ4v) is 5.28. The highest BCUT2D eigenvalue weighted by molar-refractivity contribution is 6.01. The highest BCUT2D eigenvalue weighted by Crippen LogP contribution is 2.52. The molecule has 0 aromatic rings. The van der Waals surface area contributed by atoms with Crippen molar-refractivity contribution in [3.8, 4) is 0 Å². The molecule has 0 aromatic carbocycles. The lowest BCUT2D eigenvalue weighted by atomic mass is 9.54. The van der Waals surface area contributed by atoms with Crippen LogP contribution < -0.4 is 0 Å². The van der Waals surface area contributed by atoms with Gasteiger partial charge in [-0.15, -0.1) is 0 Å². The van der Waals surface area contributed by atoms with Crippen molar-refractivity contribution in [1.29, 1.82) is 0 Å². The van der Waals surface area contributed by atoms with E-state index >= 15 is 0 Å². The van der Waals surface area contributed by atoms with E-state index in [1.807, 2.05) is 0 Å². The average Bonchev–Trinajstić information content (AvgIpc) is 2.51. The molecule has 3 aliphatic carbocycles. The van der Waals surface area contributed by atoms with Gasteiger partial charge >= 0.3 is 0 Å². The molecule has 2 heteroatoms. The summed E-state index contributed by atoms with van der Waals surface area (Å²) in [5.74, 6) is 0.882. The predicted octanol–water partition coefficient (Wildman–Crippen LogP) is 4.99. The normalized spacial score (nSPS) is 40.8. The van der Waals surface area contributed by atoms with E-state index in [2.05, 4.69) is 52.8 Å². The smallest absolute Gasteiger partial charge is 0.165 e. The summed E-state index contributed by atoms with van der Waals surface area (Å²) in [5.41, 5.74) is 3.42. The molecule has 2 unspecified atom stereocenters. The second-order valence-corrected chi connectivity index (χ2v) is 9.11. The maximum absolute atomic E-state index is 13.3. The minimum Gasteiger partial charge on any atom is -0.393 e. The van der Waals surface area contributed by atoms with E-state index in [4.69, 9.17) is 0 Å². The summed E-state index contributed by atoms with van der Waals surface area (Å²) < 4.78 is 0. The van der Waals surface area contributed by atoms with Crippen LogP contribution in [0.4, 0.5) is 0 Å². The molecule has 24 heavy (non-hydrogen) atoms. The van der Waals surface area contributed by atoms with Crippen LogP contribution in [0.1, 0.15) is 66.7 Å². The molecule has 0 aromatic heterocycles. The van der Waals surface area contributed by atoms with Crippen molar-refractivity contribution in [1.82, 2.24) is 0 Å². The second-order valence-electron chi connectivity index (χ2n) is 9.11. The molecule has 0 radical (unpaired) electrons. The van der Waals surface area contributed by atoms with Crippen molar-refractivity contribution in [2.24, 2.45) is 22.7 Å². The van der Waals surface area contributed by atoms with Gasteiger partial charge in [-0.3, -0.25) is 4.79 Å². The number of hydrogen-bond donors (Lipinski definition) is 1. The van der Waals surface area contributed by atoms with Crippen LogP contribution in [0.3, 0.4) is 0 Å². The van der Waals surface area contributed by atoms with Gasteiger partial charge in [0.25, 0.3) is 0 Å². The van der Waals surface area contributed by atoms with E-state index in [0.717, 1.165) is 37.7 Å². The number of Topliss-reactive ketones (excluding diaryl/α,β-unsaturated/α-hetero) is 1. The van der Waals surface area contributed by atoms with Gasteiger partial charge in [-0.25, -0.2) is 0 Å². The van der Waals surface area contributed by atoms with Crippen LogP contribution in [0.15, 0.2) is 34.9 Å². The van der Waals surface area contributed by atoms with Gasteiger partial charge in [-0.05, 0) is 73.0 Å². The number of fused-ring (bicyclic) bond motifs is 1. The van der Waals surface area contributed by atoms with Gasteiger partial charge in [-0.1, -0.05) is 45.9 Å². The Bertz CT molecular complexity index is 634. The number of rotatable bonds is 1. The van der Waals surface area contributed by atoms with E-state index in [-0.39, 0.29) is 22.9 Å². The first kappa shape index (κ1) is 17.7. The third-order valence-corrected chi connectivity index (χ3v) is 7.02. The quantitative estimate of drug-likeness (QED) is 0.688. The number of ketones is 1. The molecule has 0 heterocycles. The lowest BCUT2D eigenvalue weighted by Gasteiger charge is -2.49. The van der Waals surface area contributed by atoms with Crippen molar-refractivity contribution < 1.29 is 9.90 Å². The number of carbonyl (C=O) groups excluding carboxylic acids is 1. The number of hydrogen-bond acceptors (Lipinski definition) is 2. The Balaban J connectivity index is 1.95. The third-order valence-electron chi connectivity index (χ3n) is 7.02. The van der Waals surface area contributed by atoms with Crippen LogP contribution in [-0.4, -0.2) is 17.0 Å². The van der Waals surface area contributed by atoms with Crippen molar-refractivity contribution in [3.63, 3.8) is 0 Å². The maximum atomic E-state index is 13.3. The molecule has 0 saturated heterocycles. The molecule has 2 saturated carbocycles. The Morgan fingerprint density at radius 3 is 2.62 bits per heavy atom. The molecule has 0 spiro atoms.